The fourth-order valence-corrected chi connectivity index (χ4v) is 1.89. The zero-order valence-electron chi connectivity index (χ0n) is 10.0. The van der Waals surface area contributed by atoms with E-state index in [4.69, 9.17) is 4.74 Å². The van der Waals surface area contributed by atoms with E-state index in [2.05, 4.69) is 4.99 Å². The summed E-state index contributed by atoms with van der Waals surface area (Å²) in [5.74, 6) is -0.718. The number of hydrogen-bond donors (Lipinski definition) is 0. The first-order valence-corrected chi connectivity index (χ1v) is 5.66. The van der Waals surface area contributed by atoms with E-state index in [1.807, 2.05) is 0 Å². The molecule has 0 saturated carbocycles. The van der Waals surface area contributed by atoms with Gasteiger partial charge >= 0.3 is 5.97 Å². The number of likely N-dealkylation sites (tertiary alicyclic amines) is 1. The van der Waals surface area contributed by atoms with E-state index in [0.29, 0.717) is 19.6 Å². The number of ether oxygens (including phenoxy) is 1. The monoisotopic (exact) mass is 240 g/mol. The third-order valence-electron chi connectivity index (χ3n) is 2.70. The van der Waals surface area contributed by atoms with Crippen LogP contribution in [0.3, 0.4) is 0 Å². The molecule has 17 heavy (non-hydrogen) atoms. The molecular formula is C11H16N2O4. The molecule has 1 amide bonds. The molecule has 1 fully saturated rings. The molecule has 0 spiro atoms. The van der Waals surface area contributed by atoms with Gasteiger partial charge in [-0.25, -0.2) is 9.59 Å². The summed E-state index contributed by atoms with van der Waals surface area (Å²) < 4.78 is 4.91. The predicted octanol–water partition coefficient (Wildman–Crippen LogP) is 0.265. The quantitative estimate of drug-likeness (QED) is 0.401. The van der Waals surface area contributed by atoms with Crippen molar-refractivity contribution in [1.82, 2.24) is 4.90 Å². The van der Waals surface area contributed by atoms with Crippen molar-refractivity contribution < 1.29 is 19.1 Å². The maximum Gasteiger partial charge on any atom is 0.328 e. The molecule has 0 aromatic rings. The molecule has 0 aromatic carbocycles. The van der Waals surface area contributed by atoms with E-state index in [9.17, 15) is 14.4 Å². The average Bonchev–Trinajstić information content (AvgIpc) is 2.77. The van der Waals surface area contributed by atoms with Crippen molar-refractivity contribution in [2.75, 3.05) is 13.2 Å². The van der Waals surface area contributed by atoms with Crippen LogP contribution in [0.25, 0.3) is 0 Å². The van der Waals surface area contributed by atoms with E-state index in [0.717, 1.165) is 6.42 Å². The summed E-state index contributed by atoms with van der Waals surface area (Å²) in [6.45, 7) is 4.02. The lowest BCUT2D eigenvalue weighted by molar-refractivity contribution is -0.153. The highest BCUT2D eigenvalue weighted by molar-refractivity contribution is 5.88. The van der Waals surface area contributed by atoms with Crippen LogP contribution in [-0.2, 0) is 19.1 Å². The molecule has 0 aromatic heterocycles. The summed E-state index contributed by atoms with van der Waals surface area (Å²) in [6, 6.07) is -1.32. The first kappa shape index (κ1) is 13.4. The lowest BCUT2D eigenvalue weighted by atomic mass is 10.2. The highest BCUT2D eigenvalue weighted by Crippen LogP contribution is 2.20. The summed E-state index contributed by atoms with van der Waals surface area (Å²) >= 11 is 0. The SMILES string of the molecule is CCOC(=O)[C@@H]1CCCN1C(=O)[C@H](C)N=C=O. The van der Waals surface area contributed by atoms with Gasteiger partial charge in [0.05, 0.1) is 6.61 Å². The molecule has 0 bridgehead atoms. The fourth-order valence-electron chi connectivity index (χ4n) is 1.89. The van der Waals surface area contributed by atoms with Crippen LogP contribution in [0.5, 0.6) is 0 Å². The number of carbonyl (C=O) groups excluding carboxylic acids is 3. The summed E-state index contributed by atoms with van der Waals surface area (Å²) in [5.41, 5.74) is 0. The summed E-state index contributed by atoms with van der Waals surface area (Å²) in [6.07, 6.45) is 2.71. The number of rotatable bonds is 4. The summed E-state index contributed by atoms with van der Waals surface area (Å²) in [7, 11) is 0. The van der Waals surface area contributed by atoms with E-state index in [-0.39, 0.29) is 11.9 Å². The minimum absolute atomic E-state index is 0.291. The molecule has 6 heteroatoms. The Labute approximate surface area is 99.6 Å². The fraction of sp³-hybridized carbons (Fsp3) is 0.727. The Morgan fingerprint density at radius 3 is 2.88 bits per heavy atom. The van der Waals surface area contributed by atoms with Crippen molar-refractivity contribution in [2.45, 2.75) is 38.8 Å². The molecule has 94 valence electrons. The molecule has 0 unspecified atom stereocenters. The van der Waals surface area contributed by atoms with Gasteiger partial charge in [0.25, 0.3) is 0 Å². The zero-order chi connectivity index (χ0) is 12.8. The summed E-state index contributed by atoms with van der Waals surface area (Å²) in [5, 5.41) is 0. The number of isocyanates is 1. The Kier molecular flexibility index (Phi) is 4.84. The number of carbonyl (C=O) groups is 2. The Balaban J connectivity index is 2.72. The van der Waals surface area contributed by atoms with E-state index in [1.165, 1.54) is 17.9 Å². The molecule has 1 saturated heterocycles. The number of amides is 1. The number of esters is 1. The van der Waals surface area contributed by atoms with E-state index < -0.39 is 12.1 Å². The molecular weight excluding hydrogens is 224 g/mol. The maximum atomic E-state index is 11.9. The number of hydrogen-bond acceptors (Lipinski definition) is 5. The molecule has 2 atom stereocenters. The third-order valence-corrected chi connectivity index (χ3v) is 2.70. The van der Waals surface area contributed by atoms with Gasteiger partial charge < -0.3 is 9.64 Å². The highest BCUT2D eigenvalue weighted by Gasteiger charge is 2.36. The van der Waals surface area contributed by atoms with Crippen molar-refractivity contribution >= 4 is 18.0 Å². The molecule has 0 radical (unpaired) electrons. The Hall–Kier alpha value is -1.68. The molecule has 1 aliphatic rings. The first-order chi connectivity index (χ1) is 8.11. The topological polar surface area (TPSA) is 76.0 Å². The average molecular weight is 240 g/mol. The first-order valence-electron chi connectivity index (χ1n) is 5.66. The Morgan fingerprint density at radius 1 is 1.59 bits per heavy atom. The van der Waals surface area contributed by atoms with Crippen LogP contribution in [0.2, 0.25) is 0 Å². The number of nitrogens with zero attached hydrogens (tertiary/aromatic N) is 2. The molecule has 0 aliphatic carbocycles. The Bertz CT molecular complexity index is 349. The predicted molar refractivity (Wildman–Crippen MR) is 59.0 cm³/mol. The van der Waals surface area contributed by atoms with Crippen LogP contribution in [-0.4, -0.2) is 48.1 Å². The van der Waals surface area contributed by atoms with Gasteiger partial charge in [0.15, 0.2) is 0 Å². The van der Waals surface area contributed by atoms with Gasteiger partial charge in [-0.05, 0) is 26.7 Å². The third kappa shape index (κ3) is 3.14. The molecule has 0 N–H and O–H groups in total. The van der Waals surface area contributed by atoms with Gasteiger partial charge in [-0.2, -0.15) is 4.99 Å². The van der Waals surface area contributed by atoms with Crippen molar-refractivity contribution in [3.8, 4) is 0 Å². The van der Waals surface area contributed by atoms with Gasteiger partial charge in [0.1, 0.15) is 12.1 Å². The Morgan fingerprint density at radius 2 is 2.29 bits per heavy atom. The zero-order valence-corrected chi connectivity index (χ0v) is 10.0. The van der Waals surface area contributed by atoms with Crippen LogP contribution < -0.4 is 0 Å². The second-order valence-corrected chi connectivity index (χ2v) is 3.84. The second-order valence-electron chi connectivity index (χ2n) is 3.84. The maximum absolute atomic E-state index is 11.9. The molecule has 1 heterocycles. The molecule has 6 nitrogen and oxygen atoms in total. The molecule has 1 aliphatic heterocycles. The van der Waals surface area contributed by atoms with E-state index >= 15 is 0 Å². The van der Waals surface area contributed by atoms with Gasteiger partial charge in [0.2, 0.25) is 12.0 Å². The van der Waals surface area contributed by atoms with Gasteiger partial charge in [-0.3, -0.25) is 4.79 Å². The lowest BCUT2D eigenvalue weighted by Crippen LogP contribution is -2.44. The second kappa shape index (κ2) is 6.15. The highest BCUT2D eigenvalue weighted by atomic mass is 16.5. The lowest BCUT2D eigenvalue weighted by Gasteiger charge is -2.24. The normalized spacial score (nSPS) is 20.6. The smallest absolute Gasteiger partial charge is 0.328 e. The number of aliphatic imine (C=N–C) groups is 1. The van der Waals surface area contributed by atoms with Gasteiger partial charge in [-0.15, -0.1) is 0 Å². The van der Waals surface area contributed by atoms with Crippen molar-refractivity contribution in [1.29, 1.82) is 0 Å². The van der Waals surface area contributed by atoms with Crippen LogP contribution in [0, 0.1) is 0 Å². The van der Waals surface area contributed by atoms with Crippen LogP contribution in [0.1, 0.15) is 26.7 Å². The minimum Gasteiger partial charge on any atom is -0.464 e. The van der Waals surface area contributed by atoms with Crippen molar-refractivity contribution in [3.63, 3.8) is 0 Å². The van der Waals surface area contributed by atoms with E-state index in [1.54, 1.807) is 6.92 Å². The van der Waals surface area contributed by atoms with Crippen LogP contribution in [0.4, 0.5) is 0 Å². The van der Waals surface area contributed by atoms with Gasteiger partial charge in [-0.1, -0.05) is 0 Å². The summed E-state index contributed by atoms with van der Waals surface area (Å²) in [4.78, 5) is 38.4. The standard InChI is InChI=1S/C11H16N2O4/c1-3-17-11(16)9-5-4-6-13(9)10(15)8(2)12-7-14/h8-9H,3-6H2,1-2H3/t8-,9-/m0/s1. The van der Waals surface area contributed by atoms with Crippen LogP contribution >= 0.6 is 0 Å². The minimum atomic E-state index is -0.789. The van der Waals surface area contributed by atoms with Crippen molar-refractivity contribution in [2.24, 2.45) is 4.99 Å². The molecule has 1 rings (SSSR count). The van der Waals surface area contributed by atoms with Crippen molar-refractivity contribution in [3.05, 3.63) is 0 Å². The van der Waals surface area contributed by atoms with Crippen LogP contribution in [0.15, 0.2) is 4.99 Å². The van der Waals surface area contributed by atoms with Gasteiger partial charge in [0, 0.05) is 6.54 Å². The largest absolute Gasteiger partial charge is 0.464 e.